The summed E-state index contributed by atoms with van der Waals surface area (Å²) in [5.41, 5.74) is 2.15. The minimum Gasteiger partial charge on any atom is -0.484 e. The van der Waals surface area contributed by atoms with Crippen LogP contribution in [0.2, 0.25) is 0 Å². The number of carbonyl (C=O) groups is 2. The number of nitrogens with one attached hydrogen (secondary N) is 1. The SMILES string of the molecule is Cc1ccc(OCC(=O)NC(C(=O)O)C(C)O)cc1C. The number of carbonyl (C=O) groups excluding carboxylic acids is 1. The van der Waals surface area contributed by atoms with Gasteiger partial charge in [-0.1, -0.05) is 6.07 Å². The van der Waals surface area contributed by atoms with Gasteiger partial charge < -0.3 is 20.3 Å². The molecule has 0 saturated heterocycles. The van der Waals surface area contributed by atoms with Crippen LogP contribution in [0.3, 0.4) is 0 Å². The van der Waals surface area contributed by atoms with Crippen molar-refractivity contribution in [1.29, 1.82) is 0 Å². The van der Waals surface area contributed by atoms with Gasteiger partial charge in [0.25, 0.3) is 5.91 Å². The molecule has 0 aliphatic heterocycles. The number of amides is 1. The maximum Gasteiger partial charge on any atom is 0.328 e. The zero-order chi connectivity index (χ0) is 15.3. The van der Waals surface area contributed by atoms with Gasteiger partial charge in [0.05, 0.1) is 6.10 Å². The van der Waals surface area contributed by atoms with Crippen molar-refractivity contribution in [2.45, 2.75) is 32.9 Å². The number of ether oxygens (including phenoxy) is 1. The summed E-state index contributed by atoms with van der Waals surface area (Å²) in [6, 6.07) is 4.06. The molecule has 110 valence electrons. The van der Waals surface area contributed by atoms with Crippen LogP contribution in [0.1, 0.15) is 18.1 Å². The zero-order valence-electron chi connectivity index (χ0n) is 11.7. The monoisotopic (exact) mass is 281 g/mol. The quantitative estimate of drug-likeness (QED) is 0.711. The van der Waals surface area contributed by atoms with E-state index in [2.05, 4.69) is 5.32 Å². The first-order valence-electron chi connectivity index (χ1n) is 6.21. The van der Waals surface area contributed by atoms with E-state index < -0.39 is 24.0 Å². The second-order valence-electron chi connectivity index (χ2n) is 4.66. The first kappa shape index (κ1) is 16.0. The largest absolute Gasteiger partial charge is 0.484 e. The van der Waals surface area contributed by atoms with E-state index in [-0.39, 0.29) is 6.61 Å². The molecule has 1 amide bonds. The number of aliphatic hydroxyl groups excluding tert-OH is 1. The highest BCUT2D eigenvalue weighted by atomic mass is 16.5. The fourth-order valence-electron chi connectivity index (χ4n) is 1.56. The van der Waals surface area contributed by atoms with E-state index in [9.17, 15) is 14.7 Å². The smallest absolute Gasteiger partial charge is 0.328 e. The highest BCUT2D eigenvalue weighted by Crippen LogP contribution is 2.16. The van der Waals surface area contributed by atoms with Crippen molar-refractivity contribution >= 4 is 11.9 Å². The molecule has 6 heteroatoms. The van der Waals surface area contributed by atoms with Crippen molar-refractivity contribution in [3.8, 4) is 5.75 Å². The number of aliphatic carboxylic acids is 1. The van der Waals surface area contributed by atoms with Crippen LogP contribution in [0.5, 0.6) is 5.75 Å². The lowest BCUT2D eigenvalue weighted by molar-refractivity contribution is -0.145. The normalized spacial score (nSPS) is 13.4. The molecule has 0 saturated carbocycles. The first-order valence-corrected chi connectivity index (χ1v) is 6.21. The molecule has 1 aromatic carbocycles. The molecule has 0 bridgehead atoms. The summed E-state index contributed by atoms with van der Waals surface area (Å²) in [7, 11) is 0. The van der Waals surface area contributed by atoms with Gasteiger partial charge in [0.2, 0.25) is 0 Å². The molecule has 2 unspecified atom stereocenters. The van der Waals surface area contributed by atoms with Gasteiger partial charge in [-0.25, -0.2) is 4.79 Å². The van der Waals surface area contributed by atoms with Crippen LogP contribution < -0.4 is 10.1 Å². The van der Waals surface area contributed by atoms with Crippen LogP contribution in [0.25, 0.3) is 0 Å². The highest BCUT2D eigenvalue weighted by Gasteiger charge is 2.24. The number of benzene rings is 1. The third kappa shape index (κ3) is 4.55. The lowest BCUT2D eigenvalue weighted by Crippen LogP contribution is -2.49. The Hall–Kier alpha value is -2.08. The zero-order valence-corrected chi connectivity index (χ0v) is 11.7. The maximum atomic E-state index is 11.6. The third-order valence-electron chi connectivity index (χ3n) is 2.91. The fraction of sp³-hybridized carbons (Fsp3) is 0.429. The number of aryl methyl sites for hydroxylation is 2. The standard InChI is InChI=1S/C14H19NO5/c1-8-4-5-11(6-9(8)2)20-7-12(17)15-13(10(3)16)14(18)19/h4-6,10,13,16H,7H2,1-3H3,(H,15,17)(H,18,19). The van der Waals surface area contributed by atoms with E-state index in [4.69, 9.17) is 9.84 Å². The number of hydrogen-bond acceptors (Lipinski definition) is 4. The summed E-state index contributed by atoms with van der Waals surface area (Å²) in [4.78, 5) is 22.4. The van der Waals surface area contributed by atoms with E-state index >= 15 is 0 Å². The van der Waals surface area contributed by atoms with Gasteiger partial charge in [-0.05, 0) is 44.0 Å². The number of hydrogen-bond donors (Lipinski definition) is 3. The maximum absolute atomic E-state index is 11.6. The van der Waals surface area contributed by atoms with Gasteiger partial charge in [-0.15, -0.1) is 0 Å². The summed E-state index contributed by atoms with van der Waals surface area (Å²) in [5.74, 6) is -1.36. The predicted octanol–water partition coefficient (Wildman–Crippen LogP) is 0.632. The summed E-state index contributed by atoms with van der Waals surface area (Å²) < 4.78 is 5.28. The molecule has 0 aromatic heterocycles. The molecule has 0 spiro atoms. The molecule has 20 heavy (non-hydrogen) atoms. The van der Waals surface area contributed by atoms with Gasteiger partial charge in [-0.2, -0.15) is 0 Å². The fourth-order valence-corrected chi connectivity index (χ4v) is 1.56. The Morgan fingerprint density at radius 2 is 1.95 bits per heavy atom. The van der Waals surface area contributed by atoms with E-state index in [0.29, 0.717) is 5.75 Å². The summed E-state index contributed by atoms with van der Waals surface area (Å²) in [6.07, 6.45) is -1.18. The van der Waals surface area contributed by atoms with Crippen molar-refractivity contribution in [3.05, 3.63) is 29.3 Å². The molecule has 0 radical (unpaired) electrons. The molecule has 1 rings (SSSR count). The van der Waals surface area contributed by atoms with Gasteiger partial charge in [-0.3, -0.25) is 4.79 Å². The van der Waals surface area contributed by atoms with Crippen molar-refractivity contribution < 1.29 is 24.5 Å². The molecule has 0 heterocycles. The second-order valence-corrected chi connectivity index (χ2v) is 4.66. The molecule has 3 N–H and O–H groups in total. The van der Waals surface area contributed by atoms with Crippen LogP contribution in [-0.4, -0.2) is 40.8 Å². The topological polar surface area (TPSA) is 95.9 Å². The Kier molecular flexibility index (Phi) is 5.52. The number of aliphatic hydroxyl groups is 1. The molecule has 6 nitrogen and oxygen atoms in total. The number of rotatable bonds is 6. The third-order valence-corrected chi connectivity index (χ3v) is 2.91. The van der Waals surface area contributed by atoms with Crippen molar-refractivity contribution in [2.75, 3.05) is 6.61 Å². The first-order chi connectivity index (χ1) is 9.31. The van der Waals surface area contributed by atoms with Crippen LogP contribution in [-0.2, 0) is 9.59 Å². The molecule has 0 fully saturated rings. The van der Waals surface area contributed by atoms with Crippen LogP contribution in [0.4, 0.5) is 0 Å². The van der Waals surface area contributed by atoms with Gasteiger partial charge in [0.1, 0.15) is 5.75 Å². The van der Waals surface area contributed by atoms with Crippen LogP contribution in [0, 0.1) is 13.8 Å². The van der Waals surface area contributed by atoms with Crippen molar-refractivity contribution in [1.82, 2.24) is 5.32 Å². The van der Waals surface area contributed by atoms with E-state index in [1.807, 2.05) is 19.9 Å². The number of carboxylic acid groups (broad SMARTS) is 1. The molecular formula is C14H19NO5. The van der Waals surface area contributed by atoms with Gasteiger partial charge >= 0.3 is 5.97 Å². The number of carboxylic acids is 1. The minimum atomic E-state index is -1.34. The lowest BCUT2D eigenvalue weighted by atomic mass is 10.1. The molecule has 1 aromatic rings. The Labute approximate surface area is 117 Å². The molecule has 0 aliphatic carbocycles. The van der Waals surface area contributed by atoms with Crippen LogP contribution >= 0.6 is 0 Å². The van der Waals surface area contributed by atoms with Crippen molar-refractivity contribution in [2.24, 2.45) is 0 Å². The van der Waals surface area contributed by atoms with E-state index in [1.54, 1.807) is 12.1 Å². The predicted molar refractivity (Wildman–Crippen MR) is 72.7 cm³/mol. The highest BCUT2D eigenvalue weighted by molar-refractivity contribution is 5.84. The summed E-state index contributed by atoms with van der Waals surface area (Å²) in [5, 5.41) is 20.3. The van der Waals surface area contributed by atoms with Gasteiger partial charge in [0.15, 0.2) is 12.6 Å². The second kappa shape index (κ2) is 6.91. The minimum absolute atomic E-state index is 0.307. The van der Waals surface area contributed by atoms with Crippen molar-refractivity contribution in [3.63, 3.8) is 0 Å². The van der Waals surface area contributed by atoms with Crippen LogP contribution in [0.15, 0.2) is 18.2 Å². The average Bonchev–Trinajstić information content (AvgIpc) is 2.36. The summed E-state index contributed by atoms with van der Waals surface area (Å²) >= 11 is 0. The Morgan fingerprint density at radius 1 is 1.30 bits per heavy atom. The molecule has 2 atom stereocenters. The van der Waals surface area contributed by atoms with Gasteiger partial charge in [0, 0.05) is 0 Å². The Bertz CT molecular complexity index is 498. The molecule has 0 aliphatic rings. The Balaban J connectivity index is 2.54. The Morgan fingerprint density at radius 3 is 2.45 bits per heavy atom. The molecular weight excluding hydrogens is 262 g/mol. The lowest BCUT2D eigenvalue weighted by Gasteiger charge is -2.17. The summed E-state index contributed by atoms with van der Waals surface area (Å²) in [6.45, 7) is 4.88. The average molecular weight is 281 g/mol. The van der Waals surface area contributed by atoms with E-state index in [1.165, 1.54) is 6.92 Å². The van der Waals surface area contributed by atoms with E-state index in [0.717, 1.165) is 11.1 Å².